The Kier molecular flexibility index (Phi) is 4.90. The first-order chi connectivity index (χ1) is 11.6. The lowest BCUT2D eigenvalue weighted by Crippen LogP contribution is -2.15. The predicted molar refractivity (Wildman–Crippen MR) is 91.4 cm³/mol. The zero-order valence-electron chi connectivity index (χ0n) is 12.4. The van der Waals surface area contributed by atoms with Crippen LogP contribution in [0.5, 0.6) is 5.75 Å². The highest BCUT2D eigenvalue weighted by atomic mass is 79.9. The minimum absolute atomic E-state index is 0.114. The van der Waals surface area contributed by atoms with Crippen LogP contribution in [0.3, 0.4) is 0 Å². The van der Waals surface area contributed by atoms with Crippen LogP contribution in [-0.4, -0.2) is 15.7 Å². The van der Waals surface area contributed by atoms with Gasteiger partial charge in [-0.2, -0.15) is 5.10 Å². The molecule has 0 aliphatic heterocycles. The molecule has 122 valence electrons. The van der Waals surface area contributed by atoms with Crippen LogP contribution in [0.1, 0.15) is 10.5 Å². The molecule has 0 radical (unpaired) electrons. The maximum absolute atomic E-state index is 13.5. The van der Waals surface area contributed by atoms with Gasteiger partial charge in [-0.05, 0) is 42.5 Å². The topological polar surface area (TPSA) is 56.2 Å². The van der Waals surface area contributed by atoms with Crippen LogP contribution in [0.4, 0.5) is 10.1 Å². The van der Waals surface area contributed by atoms with E-state index in [9.17, 15) is 9.18 Å². The van der Waals surface area contributed by atoms with Crippen molar-refractivity contribution in [1.29, 1.82) is 0 Å². The molecule has 0 spiro atoms. The van der Waals surface area contributed by atoms with E-state index in [-0.39, 0.29) is 18.1 Å². The molecule has 0 aliphatic carbocycles. The van der Waals surface area contributed by atoms with Gasteiger partial charge in [0.1, 0.15) is 11.6 Å². The van der Waals surface area contributed by atoms with Crippen LogP contribution in [-0.2, 0) is 6.73 Å². The summed E-state index contributed by atoms with van der Waals surface area (Å²) in [6.07, 6.45) is 1.62. The molecule has 7 heteroatoms. The van der Waals surface area contributed by atoms with E-state index in [0.717, 1.165) is 4.47 Å². The van der Waals surface area contributed by atoms with Gasteiger partial charge in [0, 0.05) is 10.7 Å². The number of hydrogen-bond acceptors (Lipinski definition) is 3. The lowest BCUT2D eigenvalue weighted by atomic mass is 10.3. The molecule has 0 saturated heterocycles. The molecule has 0 unspecified atom stereocenters. The van der Waals surface area contributed by atoms with Gasteiger partial charge in [-0.3, -0.25) is 4.79 Å². The average molecular weight is 390 g/mol. The third-order valence-electron chi connectivity index (χ3n) is 3.17. The maximum Gasteiger partial charge on any atom is 0.276 e. The second-order valence-electron chi connectivity index (χ2n) is 4.90. The number of carbonyl (C=O) groups excluding carboxylic acids is 1. The number of ether oxygens (including phenoxy) is 1. The Bertz CT molecular complexity index is 849. The Hall–Kier alpha value is -2.67. The van der Waals surface area contributed by atoms with E-state index < -0.39 is 11.7 Å². The lowest BCUT2D eigenvalue weighted by molar-refractivity contribution is 0.101. The van der Waals surface area contributed by atoms with Gasteiger partial charge in [-0.1, -0.05) is 28.1 Å². The first-order valence-corrected chi connectivity index (χ1v) is 7.89. The van der Waals surface area contributed by atoms with Crippen molar-refractivity contribution < 1.29 is 13.9 Å². The van der Waals surface area contributed by atoms with Crippen LogP contribution in [0.25, 0.3) is 0 Å². The number of hydrogen-bond donors (Lipinski definition) is 1. The van der Waals surface area contributed by atoms with E-state index in [1.807, 2.05) is 24.3 Å². The number of anilines is 1. The van der Waals surface area contributed by atoms with E-state index >= 15 is 0 Å². The highest BCUT2D eigenvalue weighted by molar-refractivity contribution is 9.10. The Morgan fingerprint density at radius 1 is 1.17 bits per heavy atom. The number of benzene rings is 2. The van der Waals surface area contributed by atoms with Gasteiger partial charge in [-0.25, -0.2) is 9.07 Å². The highest BCUT2D eigenvalue weighted by Gasteiger charge is 2.12. The van der Waals surface area contributed by atoms with Crippen molar-refractivity contribution >= 4 is 27.5 Å². The third-order valence-corrected chi connectivity index (χ3v) is 3.70. The van der Waals surface area contributed by atoms with Crippen molar-refractivity contribution in [2.45, 2.75) is 6.73 Å². The molecule has 3 rings (SSSR count). The van der Waals surface area contributed by atoms with Gasteiger partial charge in [-0.15, -0.1) is 0 Å². The summed E-state index contributed by atoms with van der Waals surface area (Å²) in [5.41, 5.74) is 0.292. The summed E-state index contributed by atoms with van der Waals surface area (Å²) in [6, 6.07) is 14.9. The molecular formula is C17H13BrFN3O2. The molecule has 1 N–H and O–H groups in total. The van der Waals surface area contributed by atoms with Crippen LogP contribution < -0.4 is 10.1 Å². The number of rotatable bonds is 5. The molecule has 0 saturated carbocycles. The Morgan fingerprint density at radius 3 is 2.67 bits per heavy atom. The van der Waals surface area contributed by atoms with E-state index in [2.05, 4.69) is 26.3 Å². The maximum atomic E-state index is 13.5. The Balaban J connectivity index is 1.61. The fraction of sp³-hybridized carbons (Fsp3) is 0.0588. The lowest BCUT2D eigenvalue weighted by Gasteiger charge is -2.06. The number of nitrogens with one attached hydrogen (secondary N) is 1. The number of aromatic nitrogens is 2. The fourth-order valence-electron chi connectivity index (χ4n) is 1.98. The number of amides is 1. The zero-order valence-corrected chi connectivity index (χ0v) is 14.0. The molecular weight excluding hydrogens is 377 g/mol. The molecule has 0 atom stereocenters. The summed E-state index contributed by atoms with van der Waals surface area (Å²) >= 11 is 3.35. The quantitative estimate of drug-likeness (QED) is 0.715. The third kappa shape index (κ3) is 3.99. The van der Waals surface area contributed by atoms with Crippen LogP contribution in [0, 0.1) is 5.82 Å². The summed E-state index contributed by atoms with van der Waals surface area (Å²) in [7, 11) is 0. The van der Waals surface area contributed by atoms with Gasteiger partial charge in [0.05, 0.1) is 5.69 Å². The van der Waals surface area contributed by atoms with Crippen molar-refractivity contribution in [3.05, 3.63) is 76.8 Å². The Morgan fingerprint density at radius 2 is 1.92 bits per heavy atom. The number of halogens is 2. The number of para-hydroxylation sites is 1. The summed E-state index contributed by atoms with van der Waals surface area (Å²) in [6.45, 7) is 0.161. The second kappa shape index (κ2) is 7.27. The van der Waals surface area contributed by atoms with Gasteiger partial charge in [0.15, 0.2) is 12.4 Å². The molecule has 0 aliphatic rings. The van der Waals surface area contributed by atoms with Crippen LogP contribution in [0.2, 0.25) is 0 Å². The minimum Gasteiger partial charge on any atom is -0.471 e. The van der Waals surface area contributed by atoms with E-state index in [4.69, 9.17) is 4.74 Å². The van der Waals surface area contributed by atoms with Gasteiger partial charge >= 0.3 is 0 Å². The highest BCUT2D eigenvalue weighted by Crippen LogP contribution is 2.17. The van der Waals surface area contributed by atoms with Crippen molar-refractivity contribution in [3.8, 4) is 5.75 Å². The molecule has 1 heterocycles. The summed E-state index contributed by atoms with van der Waals surface area (Å²) < 4.78 is 21.6. The molecule has 1 amide bonds. The molecule has 2 aromatic carbocycles. The van der Waals surface area contributed by atoms with Gasteiger partial charge < -0.3 is 10.1 Å². The van der Waals surface area contributed by atoms with E-state index in [0.29, 0.717) is 5.75 Å². The SMILES string of the molecule is O=C(Nc1ccccc1F)c1ccn(COc2ccc(Br)cc2)n1. The van der Waals surface area contributed by atoms with Crippen molar-refractivity contribution in [1.82, 2.24) is 9.78 Å². The van der Waals surface area contributed by atoms with Gasteiger partial charge in [0.2, 0.25) is 0 Å². The molecule has 3 aromatic rings. The normalized spacial score (nSPS) is 10.4. The fourth-order valence-corrected chi connectivity index (χ4v) is 2.24. The van der Waals surface area contributed by atoms with Crippen molar-refractivity contribution in [2.24, 2.45) is 0 Å². The standard InChI is InChI=1S/C17H13BrFN3O2/c18-12-5-7-13(8-6-12)24-11-22-10-9-16(21-22)17(23)20-15-4-2-1-3-14(15)19/h1-10H,11H2,(H,20,23). The molecule has 0 bridgehead atoms. The van der Waals surface area contributed by atoms with E-state index in [1.54, 1.807) is 24.4 Å². The van der Waals surface area contributed by atoms with Crippen LogP contribution in [0.15, 0.2) is 65.3 Å². The number of carbonyl (C=O) groups is 1. The van der Waals surface area contributed by atoms with Crippen molar-refractivity contribution in [3.63, 3.8) is 0 Å². The molecule has 0 fully saturated rings. The predicted octanol–water partition coefficient (Wildman–Crippen LogP) is 4.07. The van der Waals surface area contributed by atoms with Crippen LogP contribution >= 0.6 is 15.9 Å². The van der Waals surface area contributed by atoms with Gasteiger partial charge in [0.25, 0.3) is 5.91 Å². The summed E-state index contributed by atoms with van der Waals surface area (Å²) in [5, 5.41) is 6.60. The van der Waals surface area contributed by atoms with E-state index in [1.165, 1.54) is 16.8 Å². The Labute approximate surface area is 146 Å². The molecule has 1 aromatic heterocycles. The largest absolute Gasteiger partial charge is 0.471 e. The first kappa shape index (κ1) is 16.2. The molecule has 5 nitrogen and oxygen atoms in total. The minimum atomic E-state index is -0.496. The first-order valence-electron chi connectivity index (χ1n) is 7.09. The van der Waals surface area contributed by atoms with Crippen molar-refractivity contribution in [2.75, 3.05) is 5.32 Å². The summed E-state index contributed by atoms with van der Waals surface area (Å²) in [4.78, 5) is 12.1. The molecule has 24 heavy (non-hydrogen) atoms. The monoisotopic (exact) mass is 389 g/mol. The summed E-state index contributed by atoms with van der Waals surface area (Å²) in [5.74, 6) is -0.294. The second-order valence-corrected chi connectivity index (χ2v) is 5.82. The number of nitrogens with zero attached hydrogens (tertiary/aromatic N) is 2. The average Bonchev–Trinajstić information content (AvgIpc) is 3.06. The smallest absolute Gasteiger partial charge is 0.276 e. The zero-order chi connectivity index (χ0) is 16.9.